The van der Waals surface area contributed by atoms with E-state index in [0.717, 1.165) is 5.56 Å². The van der Waals surface area contributed by atoms with Crippen LogP contribution in [0.1, 0.15) is 25.3 Å². The molecular formula is C28H31Cl2N2O6PS. The summed E-state index contributed by atoms with van der Waals surface area (Å²) >= 11 is 14.2. The number of carbonyl (C=O) groups is 2. The van der Waals surface area contributed by atoms with Crippen molar-refractivity contribution in [1.29, 1.82) is 0 Å². The summed E-state index contributed by atoms with van der Waals surface area (Å²) in [4.78, 5) is 24.3. The number of halogens is 2. The van der Waals surface area contributed by atoms with Crippen molar-refractivity contribution < 1.29 is 27.9 Å². The molecule has 3 atom stereocenters. The summed E-state index contributed by atoms with van der Waals surface area (Å²) in [7, 11) is -4.21. The monoisotopic (exact) mass is 624 g/mol. The summed E-state index contributed by atoms with van der Waals surface area (Å²) < 4.78 is 32.7. The Morgan fingerprint density at radius 2 is 1.75 bits per heavy atom. The highest BCUT2D eigenvalue weighted by atomic mass is 35.5. The van der Waals surface area contributed by atoms with E-state index in [9.17, 15) is 14.2 Å². The third-order valence-corrected chi connectivity index (χ3v) is 9.04. The number of hydrogen-bond acceptors (Lipinski definition) is 7. The van der Waals surface area contributed by atoms with E-state index in [4.69, 9.17) is 37.0 Å². The Labute approximate surface area is 248 Å². The minimum Gasteiger partial charge on any atom is -0.452 e. The lowest BCUT2D eigenvalue weighted by atomic mass is 10.2. The fourth-order valence-electron chi connectivity index (χ4n) is 3.63. The molecule has 8 nitrogen and oxygen atoms in total. The van der Waals surface area contributed by atoms with E-state index >= 15 is 0 Å². The van der Waals surface area contributed by atoms with Crippen molar-refractivity contribution in [2.45, 2.75) is 38.5 Å². The molecule has 3 aromatic carbocycles. The van der Waals surface area contributed by atoms with Crippen LogP contribution in [0.15, 0.2) is 66.7 Å². The smallest absolute Gasteiger partial charge is 0.452 e. The summed E-state index contributed by atoms with van der Waals surface area (Å²) in [5.41, 5.74) is 0.951. The average molecular weight is 626 g/mol. The molecule has 0 bridgehead atoms. The molecule has 0 aliphatic heterocycles. The fraction of sp³-hybridized carbons (Fsp3) is 0.286. The molecule has 0 radical (unpaired) electrons. The van der Waals surface area contributed by atoms with Gasteiger partial charge in [-0.2, -0.15) is 11.8 Å². The van der Waals surface area contributed by atoms with Crippen LogP contribution in [-0.2, 0) is 14.2 Å². The van der Waals surface area contributed by atoms with Crippen molar-refractivity contribution in [3.63, 3.8) is 0 Å². The van der Waals surface area contributed by atoms with Crippen LogP contribution in [0.3, 0.4) is 0 Å². The van der Waals surface area contributed by atoms with E-state index in [1.165, 1.54) is 17.8 Å². The first-order valence-electron chi connectivity index (χ1n) is 12.5. The second-order valence-corrected chi connectivity index (χ2v) is 12.6. The van der Waals surface area contributed by atoms with Gasteiger partial charge in [-0.1, -0.05) is 54.4 Å². The molecule has 0 spiro atoms. The van der Waals surface area contributed by atoms with Crippen LogP contribution in [0.4, 0.5) is 0 Å². The predicted octanol–water partition coefficient (Wildman–Crippen LogP) is 7.47. The molecule has 3 rings (SSSR count). The maximum Gasteiger partial charge on any atom is 0.453 e. The van der Waals surface area contributed by atoms with Crippen LogP contribution >= 0.6 is 42.6 Å². The number of nitrogens with one attached hydrogen (secondary N) is 2. The minimum absolute atomic E-state index is 0.0288. The van der Waals surface area contributed by atoms with Crippen molar-refractivity contribution in [3.8, 4) is 23.0 Å². The number of para-hydroxylation sites is 1. The number of ether oxygens (including phenoxy) is 1. The SMILES string of the molecule is CCC(NC(=O)C(CCSC)NC=O)P(=O)(Oc1ccccc1)Oc1cc(Cl)ccc1Oc1ccc(C)cc1Cl. The van der Waals surface area contributed by atoms with Gasteiger partial charge in [0.1, 0.15) is 17.5 Å². The van der Waals surface area contributed by atoms with Crippen LogP contribution < -0.4 is 24.4 Å². The molecule has 0 heterocycles. The lowest BCUT2D eigenvalue weighted by Crippen LogP contribution is -2.48. The highest BCUT2D eigenvalue weighted by Crippen LogP contribution is 2.55. The molecule has 3 aromatic rings. The van der Waals surface area contributed by atoms with Crippen molar-refractivity contribution in [2.75, 3.05) is 12.0 Å². The first-order chi connectivity index (χ1) is 19.2. The van der Waals surface area contributed by atoms with Crippen molar-refractivity contribution in [3.05, 3.63) is 82.3 Å². The second kappa shape index (κ2) is 15.2. The largest absolute Gasteiger partial charge is 0.453 e. The normalized spacial score (nSPS) is 13.8. The first kappa shape index (κ1) is 31.7. The fourth-order valence-corrected chi connectivity index (χ4v) is 6.40. The summed E-state index contributed by atoms with van der Waals surface area (Å²) in [6.07, 6.45) is 2.94. The minimum atomic E-state index is -4.21. The number of aryl methyl sites for hydroxylation is 1. The summed E-state index contributed by atoms with van der Waals surface area (Å²) in [5.74, 6) is -0.114. The average Bonchev–Trinajstić information content (AvgIpc) is 2.92. The first-order valence-corrected chi connectivity index (χ1v) is 16.2. The van der Waals surface area contributed by atoms with Gasteiger partial charge in [-0.05, 0) is 73.7 Å². The molecule has 12 heteroatoms. The third-order valence-electron chi connectivity index (χ3n) is 5.69. The van der Waals surface area contributed by atoms with Crippen molar-refractivity contribution >= 4 is 54.9 Å². The van der Waals surface area contributed by atoms with Crippen molar-refractivity contribution in [1.82, 2.24) is 10.6 Å². The molecule has 0 saturated carbocycles. The number of thioether (sulfide) groups is 1. The quantitative estimate of drug-likeness (QED) is 0.134. The molecule has 214 valence electrons. The lowest BCUT2D eigenvalue weighted by Gasteiger charge is -2.29. The van der Waals surface area contributed by atoms with E-state index in [-0.39, 0.29) is 23.7 Å². The molecule has 0 saturated heterocycles. The molecule has 3 unspecified atom stereocenters. The Morgan fingerprint density at radius 1 is 1.02 bits per heavy atom. The molecule has 0 fully saturated rings. The topological polar surface area (TPSA) is 103 Å². The van der Waals surface area contributed by atoms with Gasteiger partial charge in [0.15, 0.2) is 17.3 Å². The number of rotatable bonds is 15. The van der Waals surface area contributed by atoms with E-state index in [1.54, 1.807) is 61.5 Å². The number of benzene rings is 3. The van der Waals surface area contributed by atoms with Gasteiger partial charge in [0, 0.05) is 11.1 Å². The number of amides is 2. The molecule has 0 aromatic heterocycles. The number of hydrogen-bond donors (Lipinski definition) is 2. The van der Waals surface area contributed by atoms with Gasteiger partial charge in [0.25, 0.3) is 0 Å². The van der Waals surface area contributed by atoms with Crippen LogP contribution in [0.5, 0.6) is 23.0 Å². The molecule has 0 aliphatic carbocycles. The standard InChI is InChI=1S/C28H31Cl2N2O6PS/c1-4-27(32-28(34)23(31-18-33)14-15-40-3)39(35,37-21-8-6-5-7-9-21)38-26-17-20(29)11-13-25(26)36-24-12-10-19(2)16-22(24)30/h5-13,16-18,23,27H,4,14-15H2,1-3H3,(H,31,33)(H,32,34). The third kappa shape index (κ3) is 8.83. The summed E-state index contributed by atoms with van der Waals surface area (Å²) in [5, 5.41) is 5.96. The predicted molar refractivity (Wildman–Crippen MR) is 161 cm³/mol. The van der Waals surface area contributed by atoms with Gasteiger partial charge in [-0.25, -0.2) is 4.57 Å². The molecule has 2 amide bonds. The zero-order chi connectivity index (χ0) is 29.1. The van der Waals surface area contributed by atoms with Gasteiger partial charge in [-0.15, -0.1) is 0 Å². The van der Waals surface area contributed by atoms with Crippen LogP contribution in [0.25, 0.3) is 0 Å². The highest BCUT2D eigenvalue weighted by Gasteiger charge is 2.41. The van der Waals surface area contributed by atoms with Gasteiger partial charge >= 0.3 is 7.60 Å². The number of carbonyl (C=O) groups excluding carboxylic acids is 2. The highest BCUT2D eigenvalue weighted by molar-refractivity contribution is 7.98. The van der Waals surface area contributed by atoms with Gasteiger partial charge in [-0.3, -0.25) is 9.59 Å². The Hall–Kier alpha value is -2.84. The van der Waals surface area contributed by atoms with E-state index in [1.807, 2.05) is 19.2 Å². The molecule has 40 heavy (non-hydrogen) atoms. The van der Waals surface area contributed by atoms with E-state index < -0.39 is 25.3 Å². The Morgan fingerprint density at radius 3 is 2.40 bits per heavy atom. The maximum atomic E-state index is 14.6. The molecule has 2 N–H and O–H groups in total. The maximum absolute atomic E-state index is 14.6. The lowest BCUT2D eigenvalue weighted by molar-refractivity contribution is -0.125. The Bertz CT molecular complexity index is 1350. The second-order valence-electron chi connectivity index (χ2n) is 8.71. The van der Waals surface area contributed by atoms with Gasteiger partial charge in [0.2, 0.25) is 12.3 Å². The zero-order valence-corrected chi connectivity index (χ0v) is 25.5. The van der Waals surface area contributed by atoms with Gasteiger partial charge < -0.3 is 24.4 Å². The van der Waals surface area contributed by atoms with E-state index in [2.05, 4.69) is 10.6 Å². The van der Waals surface area contributed by atoms with E-state index in [0.29, 0.717) is 34.4 Å². The Kier molecular flexibility index (Phi) is 12.1. The molecular weight excluding hydrogens is 594 g/mol. The van der Waals surface area contributed by atoms with Crippen LogP contribution in [0.2, 0.25) is 10.0 Å². The summed E-state index contributed by atoms with van der Waals surface area (Å²) in [6, 6.07) is 17.6. The summed E-state index contributed by atoms with van der Waals surface area (Å²) in [6.45, 7) is 3.64. The molecule has 0 aliphatic rings. The van der Waals surface area contributed by atoms with Gasteiger partial charge in [0.05, 0.1) is 5.02 Å². The van der Waals surface area contributed by atoms with Crippen LogP contribution in [-0.4, -0.2) is 36.2 Å². The van der Waals surface area contributed by atoms with Crippen LogP contribution in [0, 0.1) is 6.92 Å². The Balaban J connectivity index is 1.99. The van der Waals surface area contributed by atoms with Crippen molar-refractivity contribution in [2.24, 2.45) is 0 Å². The zero-order valence-electron chi connectivity index (χ0n) is 22.3.